The Balaban J connectivity index is 2.21. The van der Waals surface area contributed by atoms with Gasteiger partial charge in [0.25, 0.3) is 0 Å². The van der Waals surface area contributed by atoms with Crippen LogP contribution in [0.2, 0.25) is 5.02 Å². The van der Waals surface area contributed by atoms with Crippen LogP contribution in [0.25, 0.3) is 0 Å². The average Bonchev–Trinajstić information content (AvgIpc) is 2.82. The second-order valence-corrected chi connectivity index (χ2v) is 4.52. The van der Waals surface area contributed by atoms with Gasteiger partial charge in [-0.1, -0.05) is 17.7 Å². The predicted octanol–water partition coefficient (Wildman–Crippen LogP) is 3.47. The first kappa shape index (κ1) is 12.8. The molecule has 1 aromatic heterocycles. The van der Waals surface area contributed by atoms with Gasteiger partial charge in [0, 0.05) is 5.38 Å². The molecule has 4 nitrogen and oxygen atoms in total. The van der Waals surface area contributed by atoms with Crippen LogP contribution >= 0.6 is 22.9 Å². The van der Waals surface area contributed by atoms with Gasteiger partial charge in [0.2, 0.25) is 0 Å². The molecule has 0 aliphatic carbocycles. The molecule has 0 atom stereocenters. The van der Waals surface area contributed by atoms with Gasteiger partial charge >= 0.3 is 5.97 Å². The lowest BCUT2D eigenvalue weighted by Gasteiger charge is -2.04. The number of ether oxygens (including phenoxy) is 1. The lowest BCUT2D eigenvalue weighted by atomic mass is 10.3. The molecule has 7 heteroatoms. The first-order chi connectivity index (χ1) is 8.61. The number of nitrogens with zero attached hydrogens (tertiary/aromatic N) is 1. The fourth-order valence-electron chi connectivity index (χ4n) is 1.25. The van der Waals surface area contributed by atoms with Crippen molar-refractivity contribution in [2.75, 3.05) is 12.4 Å². The summed E-state index contributed by atoms with van der Waals surface area (Å²) in [4.78, 5) is 15.2. The molecule has 1 N–H and O–H groups in total. The zero-order valence-electron chi connectivity index (χ0n) is 9.24. The van der Waals surface area contributed by atoms with Gasteiger partial charge in [0.05, 0.1) is 17.8 Å². The number of anilines is 2. The van der Waals surface area contributed by atoms with Gasteiger partial charge in [0.1, 0.15) is 0 Å². The van der Waals surface area contributed by atoms with E-state index in [9.17, 15) is 9.18 Å². The van der Waals surface area contributed by atoms with Gasteiger partial charge in [-0.25, -0.2) is 14.2 Å². The number of methoxy groups -OCH3 is 1. The van der Waals surface area contributed by atoms with Crippen molar-refractivity contribution >= 4 is 39.7 Å². The summed E-state index contributed by atoms with van der Waals surface area (Å²) in [5.74, 6) is -1.10. The monoisotopic (exact) mass is 286 g/mol. The maximum atomic E-state index is 13.6. The van der Waals surface area contributed by atoms with E-state index in [1.807, 2.05) is 0 Å². The van der Waals surface area contributed by atoms with Crippen molar-refractivity contribution < 1.29 is 13.9 Å². The van der Waals surface area contributed by atoms with Crippen molar-refractivity contribution in [1.82, 2.24) is 4.98 Å². The van der Waals surface area contributed by atoms with Gasteiger partial charge < -0.3 is 10.1 Å². The Labute approximate surface area is 111 Å². The zero-order chi connectivity index (χ0) is 13.1. The Morgan fingerprint density at radius 3 is 3.06 bits per heavy atom. The number of hydrogen-bond donors (Lipinski definition) is 1. The van der Waals surface area contributed by atoms with Gasteiger partial charge in [-0.05, 0) is 12.1 Å². The summed E-state index contributed by atoms with van der Waals surface area (Å²) in [5, 5.41) is 4.68. The normalized spacial score (nSPS) is 10.2. The molecule has 0 unspecified atom stereocenters. The molecule has 0 spiro atoms. The first-order valence-electron chi connectivity index (χ1n) is 4.86. The molecule has 18 heavy (non-hydrogen) atoms. The molecule has 0 saturated heterocycles. The second-order valence-electron chi connectivity index (χ2n) is 3.26. The number of carbonyl (C=O) groups excluding carboxylic acids is 1. The van der Waals surface area contributed by atoms with Gasteiger partial charge in [-0.15, -0.1) is 11.3 Å². The molecule has 0 amide bonds. The Kier molecular flexibility index (Phi) is 3.78. The van der Waals surface area contributed by atoms with Crippen LogP contribution in [0.4, 0.5) is 15.2 Å². The molecule has 2 rings (SSSR count). The third kappa shape index (κ3) is 2.60. The van der Waals surface area contributed by atoms with Crippen LogP contribution in [0.15, 0.2) is 23.6 Å². The molecule has 0 aliphatic rings. The van der Waals surface area contributed by atoms with E-state index in [1.54, 1.807) is 6.07 Å². The number of halogens is 2. The van der Waals surface area contributed by atoms with E-state index in [2.05, 4.69) is 15.0 Å². The molecule has 0 radical (unpaired) electrons. The highest BCUT2D eigenvalue weighted by atomic mass is 35.5. The summed E-state index contributed by atoms with van der Waals surface area (Å²) in [7, 11) is 1.27. The molecule has 0 bridgehead atoms. The molecule has 94 valence electrons. The minimum Gasteiger partial charge on any atom is -0.464 e. The third-order valence-electron chi connectivity index (χ3n) is 2.09. The molecule has 2 aromatic rings. The van der Waals surface area contributed by atoms with Crippen molar-refractivity contribution in [3.63, 3.8) is 0 Å². The summed E-state index contributed by atoms with van der Waals surface area (Å²) in [6.45, 7) is 0. The lowest BCUT2D eigenvalue weighted by molar-refractivity contribution is 0.0595. The standard InChI is InChI=1S/C11H8ClFN2O2S/c1-17-10(16)8-5-18-11(15-8)14-7-4-2-3-6(12)9(7)13/h2-5H,1H3,(H,14,15). The third-order valence-corrected chi connectivity index (χ3v) is 3.14. The van der Waals surface area contributed by atoms with Gasteiger partial charge in [-0.2, -0.15) is 0 Å². The van der Waals surface area contributed by atoms with Crippen LogP contribution < -0.4 is 5.32 Å². The second kappa shape index (κ2) is 5.32. The number of rotatable bonds is 3. The fraction of sp³-hybridized carbons (Fsp3) is 0.0909. The quantitative estimate of drug-likeness (QED) is 0.878. The molecular weight excluding hydrogens is 279 g/mol. The first-order valence-corrected chi connectivity index (χ1v) is 6.12. The van der Waals surface area contributed by atoms with Crippen LogP contribution in [-0.4, -0.2) is 18.1 Å². The Bertz CT molecular complexity index is 588. The molecule has 1 aromatic carbocycles. The van der Waals surface area contributed by atoms with Crippen molar-refractivity contribution in [2.45, 2.75) is 0 Å². The maximum absolute atomic E-state index is 13.6. The minimum absolute atomic E-state index is 0.0183. The van der Waals surface area contributed by atoms with Crippen molar-refractivity contribution in [2.24, 2.45) is 0 Å². The summed E-state index contributed by atoms with van der Waals surface area (Å²) in [5.41, 5.74) is 0.376. The van der Waals surface area contributed by atoms with Gasteiger partial charge in [-0.3, -0.25) is 0 Å². The van der Waals surface area contributed by atoms with E-state index < -0.39 is 11.8 Å². The Morgan fingerprint density at radius 2 is 2.33 bits per heavy atom. The number of aromatic nitrogens is 1. The SMILES string of the molecule is COC(=O)c1csc(Nc2cccc(Cl)c2F)n1. The van der Waals surface area contributed by atoms with E-state index in [0.717, 1.165) is 0 Å². The molecule has 0 saturated carbocycles. The molecule has 1 heterocycles. The fourth-order valence-corrected chi connectivity index (χ4v) is 2.11. The van der Waals surface area contributed by atoms with E-state index in [-0.39, 0.29) is 16.4 Å². The highest BCUT2D eigenvalue weighted by Gasteiger charge is 2.12. The summed E-state index contributed by atoms with van der Waals surface area (Å²) >= 11 is 6.82. The van der Waals surface area contributed by atoms with Crippen molar-refractivity contribution in [3.05, 3.63) is 40.1 Å². The summed E-state index contributed by atoms with van der Waals surface area (Å²) < 4.78 is 18.1. The highest BCUT2D eigenvalue weighted by Crippen LogP contribution is 2.27. The largest absolute Gasteiger partial charge is 0.464 e. The molecule has 0 aliphatic heterocycles. The Hall–Kier alpha value is -1.66. The minimum atomic E-state index is -0.561. The van der Waals surface area contributed by atoms with Crippen LogP contribution in [0.1, 0.15) is 10.5 Å². The molecular formula is C11H8ClFN2O2S. The van der Waals surface area contributed by atoms with Gasteiger partial charge in [0.15, 0.2) is 16.6 Å². The summed E-state index contributed by atoms with van der Waals surface area (Å²) in [6.07, 6.45) is 0. The van der Waals surface area contributed by atoms with E-state index >= 15 is 0 Å². The predicted molar refractivity (Wildman–Crippen MR) is 68.1 cm³/mol. The number of esters is 1. The van der Waals surface area contributed by atoms with E-state index in [4.69, 9.17) is 11.6 Å². The lowest BCUT2D eigenvalue weighted by Crippen LogP contribution is -2.01. The van der Waals surface area contributed by atoms with Crippen LogP contribution in [0.5, 0.6) is 0 Å². The van der Waals surface area contributed by atoms with E-state index in [0.29, 0.717) is 5.13 Å². The number of thiazole rings is 1. The number of nitrogens with one attached hydrogen (secondary N) is 1. The zero-order valence-corrected chi connectivity index (χ0v) is 10.8. The smallest absolute Gasteiger partial charge is 0.357 e. The molecule has 0 fully saturated rings. The Morgan fingerprint density at radius 1 is 1.56 bits per heavy atom. The van der Waals surface area contributed by atoms with Crippen molar-refractivity contribution in [3.8, 4) is 0 Å². The maximum Gasteiger partial charge on any atom is 0.357 e. The number of carbonyl (C=O) groups is 1. The van der Waals surface area contributed by atoms with Crippen molar-refractivity contribution in [1.29, 1.82) is 0 Å². The average molecular weight is 287 g/mol. The highest BCUT2D eigenvalue weighted by molar-refractivity contribution is 7.14. The van der Waals surface area contributed by atoms with Crippen LogP contribution in [0, 0.1) is 5.82 Å². The number of benzene rings is 1. The number of hydrogen-bond acceptors (Lipinski definition) is 5. The van der Waals surface area contributed by atoms with E-state index in [1.165, 1.54) is 36.0 Å². The van der Waals surface area contributed by atoms with Crippen LogP contribution in [-0.2, 0) is 4.74 Å². The van der Waals surface area contributed by atoms with Crippen LogP contribution in [0.3, 0.4) is 0 Å². The summed E-state index contributed by atoms with van der Waals surface area (Å²) in [6, 6.07) is 4.59. The topological polar surface area (TPSA) is 51.2 Å².